The lowest BCUT2D eigenvalue weighted by Gasteiger charge is -2.19. The summed E-state index contributed by atoms with van der Waals surface area (Å²) in [7, 11) is 0. The van der Waals surface area contributed by atoms with Gasteiger partial charge in [-0.3, -0.25) is 0 Å². The molecule has 1 aliphatic rings. The Hall–Kier alpha value is -0.480. The molecule has 1 fully saturated rings. The van der Waals surface area contributed by atoms with E-state index in [1.54, 1.807) is 11.3 Å². The molecule has 1 aromatic heterocycles. The number of nitrogens with one attached hydrogen (secondary N) is 1. The highest BCUT2D eigenvalue weighted by molar-refractivity contribution is 7.11. The summed E-state index contributed by atoms with van der Waals surface area (Å²) in [5.41, 5.74) is 0.150. The van der Waals surface area contributed by atoms with E-state index < -0.39 is 0 Å². The fourth-order valence-corrected chi connectivity index (χ4v) is 3.14. The van der Waals surface area contributed by atoms with Crippen molar-refractivity contribution in [3.05, 3.63) is 10.0 Å². The van der Waals surface area contributed by atoms with E-state index in [1.165, 1.54) is 30.7 Å². The molecular weight excluding hydrogens is 230 g/mol. The van der Waals surface area contributed by atoms with Crippen molar-refractivity contribution in [1.29, 1.82) is 0 Å². The number of rotatable bonds is 4. The molecule has 0 saturated heterocycles. The van der Waals surface area contributed by atoms with Gasteiger partial charge >= 0.3 is 0 Å². The van der Waals surface area contributed by atoms with Gasteiger partial charge in [-0.2, -0.15) is 0 Å². The molecule has 1 saturated carbocycles. The zero-order valence-electron chi connectivity index (χ0n) is 11.1. The van der Waals surface area contributed by atoms with Crippen LogP contribution in [-0.4, -0.2) is 15.7 Å². The van der Waals surface area contributed by atoms with Gasteiger partial charge in [0, 0.05) is 12.0 Å². The molecular formula is C13H23N3S. The number of nitrogens with zero attached hydrogens (tertiary/aromatic N) is 2. The van der Waals surface area contributed by atoms with Crippen molar-refractivity contribution < 1.29 is 0 Å². The highest BCUT2D eigenvalue weighted by Crippen LogP contribution is 2.28. The standard InChI is InChI=1S/C13H23N3S/c1-13(2,3)14-9-12-16-15-11(17-12)8-10-6-4-5-7-10/h10,14H,4-9H2,1-3H3. The van der Waals surface area contributed by atoms with Crippen molar-refractivity contribution >= 4 is 11.3 Å². The molecule has 1 aliphatic carbocycles. The predicted octanol–water partition coefficient (Wildman–Crippen LogP) is 3.16. The quantitative estimate of drug-likeness (QED) is 0.895. The van der Waals surface area contributed by atoms with Crippen LogP contribution < -0.4 is 5.32 Å². The maximum absolute atomic E-state index is 4.31. The van der Waals surface area contributed by atoms with Crippen molar-refractivity contribution in [1.82, 2.24) is 15.5 Å². The smallest absolute Gasteiger partial charge is 0.131 e. The van der Waals surface area contributed by atoms with Crippen LogP contribution in [0.25, 0.3) is 0 Å². The highest BCUT2D eigenvalue weighted by atomic mass is 32.1. The van der Waals surface area contributed by atoms with Gasteiger partial charge in [0.1, 0.15) is 10.0 Å². The van der Waals surface area contributed by atoms with Crippen molar-refractivity contribution in [3.63, 3.8) is 0 Å². The third-order valence-corrected chi connectivity index (χ3v) is 4.16. The number of hydrogen-bond donors (Lipinski definition) is 1. The highest BCUT2D eigenvalue weighted by Gasteiger charge is 2.18. The Morgan fingerprint density at radius 3 is 2.47 bits per heavy atom. The van der Waals surface area contributed by atoms with E-state index in [0.29, 0.717) is 0 Å². The third kappa shape index (κ3) is 4.36. The molecule has 1 N–H and O–H groups in total. The summed E-state index contributed by atoms with van der Waals surface area (Å²) in [5, 5.41) is 14.4. The fourth-order valence-electron chi connectivity index (χ4n) is 2.24. The van der Waals surface area contributed by atoms with Crippen LogP contribution in [0.15, 0.2) is 0 Å². The summed E-state index contributed by atoms with van der Waals surface area (Å²) in [6, 6.07) is 0. The molecule has 2 rings (SSSR count). The van der Waals surface area contributed by atoms with Gasteiger partial charge in [0.25, 0.3) is 0 Å². The Balaban J connectivity index is 1.83. The number of hydrogen-bond acceptors (Lipinski definition) is 4. The van der Waals surface area contributed by atoms with Crippen LogP contribution in [0.5, 0.6) is 0 Å². The summed E-state index contributed by atoms with van der Waals surface area (Å²) >= 11 is 1.78. The lowest BCUT2D eigenvalue weighted by Crippen LogP contribution is -2.35. The van der Waals surface area contributed by atoms with Gasteiger partial charge in [-0.1, -0.05) is 25.7 Å². The molecule has 0 aliphatic heterocycles. The summed E-state index contributed by atoms with van der Waals surface area (Å²) in [5.74, 6) is 0.867. The minimum atomic E-state index is 0.150. The van der Waals surface area contributed by atoms with Crippen molar-refractivity contribution in [2.75, 3.05) is 0 Å². The van der Waals surface area contributed by atoms with Gasteiger partial charge in [-0.25, -0.2) is 0 Å². The van der Waals surface area contributed by atoms with Gasteiger partial charge in [-0.05, 0) is 26.7 Å². The lowest BCUT2D eigenvalue weighted by atomic mass is 10.1. The average molecular weight is 253 g/mol. The molecule has 0 amide bonds. The maximum atomic E-state index is 4.31. The Labute approximate surface area is 108 Å². The molecule has 17 heavy (non-hydrogen) atoms. The van der Waals surface area contributed by atoms with E-state index in [0.717, 1.165) is 23.9 Å². The van der Waals surface area contributed by atoms with Crippen molar-refractivity contribution in [2.45, 2.75) is 65.0 Å². The summed E-state index contributed by atoms with van der Waals surface area (Å²) in [6.45, 7) is 7.36. The van der Waals surface area contributed by atoms with Gasteiger partial charge < -0.3 is 5.32 Å². The second-order valence-corrected chi connectivity index (χ2v) is 7.19. The van der Waals surface area contributed by atoms with E-state index in [-0.39, 0.29) is 5.54 Å². The predicted molar refractivity (Wildman–Crippen MR) is 72.2 cm³/mol. The van der Waals surface area contributed by atoms with Gasteiger partial charge in [0.05, 0.1) is 6.54 Å². The first kappa shape index (κ1) is 13.0. The average Bonchev–Trinajstić information content (AvgIpc) is 2.86. The van der Waals surface area contributed by atoms with Gasteiger partial charge in [-0.15, -0.1) is 21.5 Å². The third-order valence-electron chi connectivity index (χ3n) is 3.22. The van der Waals surface area contributed by atoms with Crippen LogP contribution in [-0.2, 0) is 13.0 Å². The fraction of sp³-hybridized carbons (Fsp3) is 0.846. The maximum Gasteiger partial charge on any atom is 0.131 e. The molecule has 4 heteroatoms. The molecule has 0 bridgehead atoms. The second kappa shape index (κ2) is 5.44. The topological polar surface area (TPSA) is 37.8 Å². The van der Waals surface area contributed by atoms with E-state index in [4.69, 9.17) is 0 Å². The summed E-state index contributed by atoms with van der Waals surface area (Å²) in [6.07, 6.45) is 6.72. The van der Waals surface area contributed by atoms with Crippen molar-refractivity contribution in [2.24, 2.45) is 5.92 Å². The normalized spacial score (nSPS) is 17.8. The van der Waals surface area contributed by atoms with Crippen LogP contribution in [0.2, 0.25) is 0 Å². The van der Waals surface area contributed by atoms with E-state index in [1.807, 2.05) is 0 Å². The first-order valence-corrected chi connectivity index (χ1v) is 7.41. The van der Waals surface area contributed by atoms with Crippen LogP contribution in [0.4, 0.5) is 0 Å². The number of aromatic nitrogens is 2. The summed E-state index contributed by atoms with van der Waals surface area (Å²) in [4.78, 5) is 0. The minimum Gasteiger partial charge on any atom is -0.306 e. The molecule has 0 radical (unpaired) electrons. The molecule has 0 aromatic carbocycles. The van der Waals surface area contributed by atoms with E-state index >= 15 is 0 Å². The lowest BCUT2D eigenvalue weighted by molar-refractivity contribution is 0.423. The molecule has 0 unspecified atom stereocenters. The zero-order valence-corrected chi connectivity index (χ0v) is 11.9. The van der Waals surface area contributed by atoms with E-state index in [2.05, 4.69) is 36.3 Å². The second-order valence-electron chi connectivity index (χ2n) is 6.05. The minimum absolute atomic E-state index is 0.150. The van der Waals surface area contributed by atoms with Crippen molar-refractivity contribution in [3.8, 4) is 0 Å². The van der Waals surface area contributed by atoms with Crippen LogP contribution in [0.1, 0.15) is 56.5 Å². The Morgan fingerprint density at radius 1 is 1.18 bits per heavy atom. The zero-order chi connectivity index (χ0) is 12.3. The molecule has 1 heterocycles. The Kier molecular flexibility index (Phi) is 4.15. The molecule has 96 valence electrons. The first-order chi connectivity index (χ1) is 8.03. The molecule has 0 spiro atoms. The Bertz CT molecular complexity index is 348. The van der Waals surface area contributed by atoms with Crippen LogP contribution in [0, 0.1) is 5.92 Å². The van der Waals surface area contributed by atoms with Gasteiger partial charge in [0.15, 0.2) is 0 Å². The SMILES string of the molecule is CC(C)(C)NCc1nnc(CC2CCCC2)s1. The van der Waals surface area contributed by atoms with Gasteiger partial charge in [0.2, 0.25) is 0 Å². The largest absolute Gasteiger partial charge is 0.306 e. The Morgan fingerprint density at radius 2 is 1.82 bits per heavy atom. The monoisotopic (exact) mass is 253 g/mol. The summed E-state index contributed by atoms with van der Waals surface area (Å²) < 4.78 is 0. The van der Waals surface area contributed by atoms with Crippen LogP contribution in [0.3, 0.4) is 0 Å². The molecule has 1 aromatic rings. The molecule has 0 atom stereocenters. The van der Waals surface area contributed by atoms with Crippen LogP contribution >= 0.6 is 11.3 Å². The van der Waals surface area contributed by atoms with E-state index in [9.17, 15) is 0 Å². The first-order valence-electron chi connectivity index (χ1n) is 6.59. The molecule has 3 nitrogen and oxygen atoms in total.